The van der Waals surface area contributed by atoms with Gasteiger partial charge in [-0.3, -0.25) is 19.1 Å². The van der Waals surface area contributed by atoms with Gasteiger partial charge in [-0.05, 0) is 23.9 Å². The van der Waals surface area contributed by atoms with Gasteiger partial charge in [-0.25, -0.2) is 4.98 Å². The van der Waals surface area contributed by atoms with Crippen LogP contribution in [0.25, 0.3) is 0 Å². The summed E-state index contributed by atoms with van der Waals surface area (Å²) in [6.45, 7) is 3.13. The lowest BCUT2D eigenvalue weighted by Gasteiger charge is -2.18. The number of fused-ring (bicyclic) bond motifs is 1. The van der Waals surface area contributed by atoms with Gasteiger partial charge < -0.3 is 9.73 Å². The van der Waals surface area contributed by atoms with Crippen molar-refractivity contribution in [2.24, 2.45) is 0 Å². The molecule has 7 nitrogen and oxygen atoms in total. The second-order valence-electron chi connectivity index (χ2n) is 6.54. The molecule has 1 aliphatic heterocycles. The Kier molecular flexibility index (Phi) is 5.17. The quantitative estimate of drug-likeness (QED) is 0.730. The monoisotopic (exact) mass is 384 g/mol. The first-order valence-electron chi connectivity index (χ1n) is 8.82. The zero-order valence-corrected chi connectivity index (χ0v) is 15.6. The van der Waals surface area contributed by atoms with Crippen molar-refractivity contribution in [3.8, 4) is 0 Å². The van der Waals surface area contributed by atoms with Crippen LogP contribution in [0.4, 0.5) is 0 Å². The SMILES string of the molecule is O=C(NCc1cc(=O)n2c(n1)CN(Cc1ccoc1)CCC2)c1ccsc1. The van der Waals surface area contributed by atoms with E-state index in [2.05, 4.69) is 15.2 Å². The maximum absolute atomic E-state index is 12.5. The Labute approximate surface area is 160 Å². The van der Waals surface area contributed by atoms with Gasteiger partial charge in [-0.2, -0.15) is 11.3 Å². The highest BCUT2D eigenvalue weighted by molar-refractivity contribution is 7.08. The van der Waals surface area contributed by atoms with Gasteiger partial charge in [-0.1, -0.05) is 0 Å². The number of carbonyl (C=O) groups is 1. The molecule has 0 atom stereocenters. The molecule has 3 aromatic rings. The Hall–Kier alpha value is -2.71. The summed E-state index contributed by atoms with van der Waals surface area (Å²) >= 11 is 1.47. The van der Waals surface area contributed by atoms with Crippen molar-refractivity contribution in [1.29, 1.82) is 0 Å². The summed E-state index contributed by atoms with van der Waals surface area (Å²) in [5.74, 6) is 0.581. The molecule has 0 radical (unpaired) electrons. The highest BCUT2D eigenvalue weighted by Gasteiger charge is 2.18. The van der Waals surface area contributed by atoms with E-state index in [-0.39, 0.29) is 18.0 Å². The molecule has 0 aromatic carbocycles. The molecule has 4 heterocycles. The second kappa shape index (κ2) is 7.89. The van der Waals surface area contributed by atoms with E-state index in [9.17, 15) is 9.59 Å². The fourth-order valence-electron chi connectivity index (χ4n) is 3.23. The Bertz CT molecular complexity index is 964. The summed E-state index contributed by atoms with van der Waals surface area (Å²) in [5.41, 5.74) is 2.24. The van der Waals surface area contributed by atoms with E-state index in [0.717, 1.165) is 30.9 Å². The minimum atomic E-state index is -0.158. The molecule has 140 valence electrons. The van der Waals surface area contributed by atoms with Crippen LogP contribution in [0, 0.1) is 0 Å². The third-order valence-corrected chi connectivity index (χ3v) is 5.24. The minimum Gasteiger partial charge on any atom is -0.472 e. The number of nitrogens with zero attached hydrogens (tertiary/aromatic N) is 3. The Balaban J connectivity index is 1.49. The fourth-order valence-corrected chi connectivity index (χ4v) is 3.87. The topological polar surface area (TPSA) is 80.4 Å². The number of thiophene rings is 1. The second-order valence-corrected chi connectivity index (χ2v) is 7.32. The largest absolute Gasteiger partial charge is 0.472 e. The lowest BCUT2D eigenvalue weighted by atomic mass is 10.3. The van der Waals surface area contributed by atoms with E-state index >= 15 is 0 Å². The number of amides is 1. The van der Waals surface area contributed by atoms with Crippen molar-refractivity contribution in [2.75, 3.05) is 6.54 Å². The number of hydrogen-bond donors (Lipinski definition) is 1. The van der Waals surface area contributed by atoms with Crippen LogP contribution in [0.5, 0.6) is 0 Å². The van der Waals surface area contributed by atoms with E-state index in [0.29, 0.717) is 24.3 Å². The van der Waals surface area contributed by atoms with Crippen LogP contribution in [-0.2, 0) is 26.2 Å². The number of aromatic nitrogens is 2. The summed E-state index contributed by atoms with van der Waals surface area (Å²) in [5, 5.41) is 6.48. The summed E-state index contributed by atoms with van der Waals surface area (Å²) in [7, 11) is 0. The third kappa shape index (κ3) is 4.17. The first-order valence-corrected chi connectivity index (χ1v) is 9.77. The van der Waals surface area contributed by atoms with Gasteiger partial charge in [0.05, 0.1) is 31.3 Å². The lowest BCUT2D eigenvalue weighted by Crippen LogP contribution is -2.29. The van der Waals surface area contributed by atoms with Gasteiger partial charge in [0.1, 0.15) is 5.82 Å². The highest BCUT2D eigenvalue weighted by Crippen LogP contribution is 2.13. The first-order chi connectivity index (χ1) is 13.2. The molecule has 0 saturated carbocycles. The van der Waals surface area contributed by atoms with Gasteiger partial charge in [-0.15, -0.1) is 0 Å². The van der Waals surface area contributed by atoms with Gasteiger partial charge in [0.25, 0.3) is 11.5 Å². The minimum absolute atomic E-state index is 0.0649. The predicted molar refractivity (Wildman–Crippen MR) is 101 cm³/mol. The molecule has 0 fully saturated rings. The molecular formula is C19H20N4O3S. The molecule has 0 aliphatic carbocycles. The highest BCUT2D eigenvalue weighted by atomic mass is 32.1. The molecule has 0 saturated heterocycles. The van der Waals surface area contributed by atoms with E-state index < -0.39 is 0 Å². The molecule has 1 aliphatic rings. The number of hydrogen-bond acceptors (Lipinski definition) is 6. The summed E-state index contributed by atoms with van der Waals surface area (Å²) in [6, 6.07) is 5.23. The number of carbonyl (C=O) groups excluding carboxylic acids is 1. The molecule has 0 unspecified atom stereocenters. The maximum Gasteiger partial charge on any atom is 0.253 e. The molecule has 0 bridgehead atoms. The normalized spacial score (nSPS) is 14.5. The van der Waals surface area contributed by atoms with Crippen LogP contribution in [0.2, 0.25) is 0 Å². The van der Waals surface area contributed by atoms with Gasteiger partial charge in [0.15, 0.2) is 0 Å². The zero-order chi connectivity index (χ0) is 18.6. The van der Waals surface area contributed by atoms with Crippen LogP contribution in [0.3, 0.4) is 0 Å². The zero-order valence-electron chi connectivity index (χ0n) is 14.8. The number of furan rings is 1. The number of nitrogens with one attached hydrogen (secondary N) is 1. The van der Waals surface area contributed by atoms with E-state index in [4.69, 9.17) is 4.42 Å². The summed E-state index contributed by atoms with van der Waals surface area (Å²) < 4.78 is 6.88. The third-order valence-electron chi connectivity index (χ3n) is 4.56. The van der Waals surface area contributed by atoms with Crippen molar-refractivity contribution < 1.29 is 9.21 Å². The molecule has 27 heavy (non-hydrogen) atoms. The smallest absolute Gasteiger partial charge is 0.253 e. The Morgan fingerprint density at radius 1 is 1.33 bits per heavy atom. The lowest BCUT2D eigenvalue weighted by molar-refractivity contribution is 0.0950. The van der Waals surface area contributed by atoms with Crippen LogP contribution >= 0.6 is 11.3 Å². The van der Waals surface area contributed by atoms with Crippen molar-refractivity contribution in [2.45, 2.75) is 32.6 Å². The van der Waals surface area contributed by atoms with Crippen LogP contribution in [-0.4, -0.2) is 26.9 Å². The summed E-state index contributed by atoms with van der Waals surface area (Å²) in [4.78, 5) is 31.5. The molecule has 0 spiro atoms. The molecular weight excluding hydrogens is 364 g/mol. The summed E-state index contributed by atoms with van der Waals surface area (Å²) in [6.07, 6.45) is 4.29. The predicted octanol–water partition coefficient (Wildman–Crippen LogP) is 2.23. The average Bonchev–Trinajstić information content (AvgIpc) is 3.32. The van der Waals surface area contributed by atoms with Crippen molar-refractivity contribution in [1.82, 2.24) is 19.8 Å². The molecule has 4 rings (SSSR count). The van der Waals surface area contributed by atoms with E-state index in [1.807, 2.05) is 11.4 Å². The van der Waals surface area contributed by atoms with Gasteiger partial charge in [0.2, 0.25) is 0 Å². The maximum atomic E-state index is 12.5. The standard InChI is InChI=1S/C19H20N4O3S/c24-18-8-16(9-20-19(25)15-3-7-27-13-15)21-17-11-22(4-1-5-23(17)18)10-14-2-6-26-12-14/h2-3,6-8,12-13H,1,4-5,9-11H2,(H,20,25). The van der Waals surface area contributed by atoms with Crippen molar-refractivity contribution >= 4 is 17.2 Å². The van der Waals surface area contributed by atoms with Crippen molar-refractivity contribution in [3.63, 3.8) is 0 Å². The molecule has 8 heteroatoms. The Morgan fingerprint density at radius 3 is 3.04 bits per heavy atom. The first kappa shape index (κ1) is 17.7. The van der Waals surface area contributed by atoms with Crippen molar-refractivity contribution in [3.05, 3.63) is 74.5 Å². The van der Waals surface area contributed by atoms with Crippen LogP contribution < -0.4 is 10.9 Å². The molecule has 3 aromatic heterocycles. The van der Waals surface area contributed by atoms with Gasteiger partial charge >= 0.3 is 0 Å². The van der Waals surface area contributed by atoms with Crippen LogP contribution in [0.15, 0.2) is 50.7 Å². The van der Waals surface area contributed by atoms with Crippen LogP contribution in [0.1, 0.15) is 33.9 Å². The average molecular weight is 384 g/mol. The molecule has 1 N–H and O–H groups in total. The molecule has 1 amide bonds. The van der Waals surface area contributed by atoms with E-state index in [1.165, 1.54) is 17.4 Å². The fraction of sp³-hybridized carbons (Fsp3) is 0.316. The van der Waals surface area contributed by atoms with Gasteiger partial charge in [0, 0.05) is 42.2 Å². The Morgan fingerprint density at radius 2 is 2.26 bits per heavy atom. The van der Waals surface area contributed by atoms with E-state index in [1.54, 1.807) is 28.5 Å². The number of rotatable bonds is 5.